The first kappa shape index (κ1) is 9.06. The van der Waals surface area contributed by atoms with Crippen molar-refractivity contribution in [2.75, 3.05) is 6.61 Å². The number of rotatable bonds is 0. The van der Waals surface area contributed by atoms with Crippen molar-refractivity contribution in [2.24, 2.45) is 0 Å². The SMILES string of the molecule is Cc1nc2sc3c(c2c(=O)o1)CCOC3. The van der Waals surface area contributed by atoms with E-state index in [9.17, 15) is 4.79 Å². The third-order valence-corrected chi connectivity index (χ3v) is 3.60. The fraction of sp³-hybridized carbons (Fsp3) is 0.400. The van der Waals surface area contributed by atoms with E-state index in [0.717, 1.165) is 21.7 Å². The van der Waals surface area contributed by atoms with Crippen LogP contribution in [0.25, 0.3) is 10.2 Å². The molecule has 15 heavy (non-hydrogen) atoms. The highest BCUT2D eigenvalue weighted by Gasteiger charge is 2.20. The quantitative estimate of drug-likeness (QED) is 0.681. The number of fused-ring (bicyclic) bond motifs is 3. The minimum absolute atomic E-state index is 0.267. The van der Waals surface area contributed by atoms with Crippen LogP contribution in [0.1, 0.15) is 16.3 Å². The highest BCUT2D eigenvalue weighted by molar-refractivity contribution is 7.18. The minimum Gasteiger partial charge on any atom is -0.408 e. The van der Waals surface area contributed by atoms with Gasteiger partial charge in [0.25, 0.3) is 0 Å². The minimum atomic E-state index is -0.267. The molecule has 0 atom stereocenters. The number of nitrogens with zero attached hydrogens (tertiary/aromatic N) is 1. The van der Waals surface area contributed by atoms with E-state index in [1.807, 2.05) is 0 Å². The number of aromatic nitrogens is 1. The van der Waals surface area contributed by atoms with Crippen LogP contribution in [0.3, 0.4) is 0 Å². The summed E-state index contributed by atoms with van der Waals surface area (Å²) < 4.78 is 10.4. The molecule has 4 nitrogen and oxygen atoms in total. The molecule has 0 bridgehead atoms. The van der Waals surface area contributed by atoms with Crippen molar-refractivity contribution < 1.29 is 9.15 Å². The maximum atomic E-state index is 11.7. The Bertz CT molecular complexity index is 584. The zero-order valence-corrected chi connectivity index (χ0v) is 9.02. The number of hydrogen-bond donors (Lipinski definition) is 0. The molecule has 0 N–H and O–H groups in total. The first-order chi connectivity index (χ1) is 7.25. The lowest BCUT2D eigenvalue weighted by Crippen LogP contribution is -2.10. The van der Waals surface area contributed by atoms with Gasteiger partial charge >= 0.3 is 5.63 Å². The van der Waals surface area contributed by atoms with E-state index in [1.165, 1.54) is 11.3 Å². The Morgan fingerprint density at radius 3 is 3.20 bits per heavy atom. The van der Waals surface area contributed by atoms with Gasteiger partial charge in [0.15, 0.2) is 5.89 Å². The summed E-state index contributed by atoms with van der Waals surface area (Å²) in [7, 11) is 0. The average molecular weight is 223 g/mol. The Balaban J connectivity index is 2.42. The fourth-order valence-corrected chi connectivity index (χ4v) is 3.04. The second kappa shape index (κ2) is 3.15. The van der Waals surface area contributed by atoms with Gasteiger partial charge in [-0.05, 0) is 12.0 Å². The molecule has 0 radical (unpaired) electrons. The van der Waals surface area contributed by atoms with Crippen molar-refractivity contribution in [2.45, 2.75) is 20.0 Å². The van der Waals surface area contributed by atoms with E-state index in [0.29, 0.717) is 24.5 Å². The van der Waals surface area contributed by atoms with Gasteiger partial charge in [-0.2, -0.15) is 0 Å². The average Bonchev–Trinajstić information content (AvgIpc) is 2.54. The Morgan fingerprint density at radius 1 is 1.47 bits per heavy atom. The first-order valence-electron chi connectivity index (χ1n) is 4.75. The Labute approximate surface area is 89.5 Å². The van der Waals surface area contributed by atoms with Crippen LogP contribution in [-0.2, 0) is 17.8 Å². The first-order valence-corrected chi connectivity index (χ1v) is 5.57. The largest absolute Gasteiger partial charge is 0.408 e. The van der Waals surface area contributed by atoms with Crippen LogP contribution in [-0.4, -0.2) is 11.6 Å². The lowest BCUT2D eigenvalue weighted by Gasteiger charge is -2.10. The van der Waals surface area contributed by atoms with E-state index >= 15 is 0 Å². The summed E-state index contributed by atoms with van der Waals surface area (Å²) in [6, 6.07) is 0. The number of thiophene rings is 1. The number of hydrogen-bond acceptors (Lipinski definition) is 5. The molecule has 2 aromatic rings. The van der Waals surface area contributed by atoms with Crippen molar-refractivity contribution in [3.8, 4) is 0 Å². The van der Waals surface area contributed by atoms with Crippen LogP contribution < -0.4 is 5.63 Å². The van der Waals surface area contributed by atoms with E-state index in [1.54, 1.807) is 6.92 Å². The van der Waals surface area contributed by atoms with Gasteiger partial charge in [-0.25, -0.2) is 9.78 Å². The maximum Gasteiger partial charge on any atom is 0.348 e. The third kappa shape index (κ3) is 1.31. The van der Waals surface area contributed by atoms with Gasteiger partial charge in [0, 0.05) is 11.8 Å². The topological polar surface area (TPSA) is 52.3 Å². The summed E-state index contributed by atoms with van der Waals surface area (Å²) in [5.41, 5.74) is 0.805. The molecular formula is C10H9NO3S. The second-order valence-corrected chi connectivity index (χ2v) is 4.59. The van der Waals surface area contributed by atoms with E-state index in [4.69, 9.17) is 9.15 Å². The second-order valence-electron chi connectivity index (χ2n) is 3.51. The molecular weight excluding hydrogens is 214 g/mol. The normalized spacial score (nSPS) is 15.5. The summed E-state index contributed by atoms with van der Waals surface area (Å²) in [6.45, 7) is 2.96. The molecule has 0 aliphatic carbocycles. The Morgan fingerprint density at radius 2 is 2.33 bits per heavy atom. The molecule has 1 aliphatic rings. The summed E-state index contributed by atoms with van der Waals surface area (Å²) in [5.74, 6) is 0.423. The van der Waals surface area contributed by atoms with Crippen LogP contribution in [0.4, 0.5) is 0 Å². The van der Waals surface area contributed by atoms with Gasteiger partial charge in [-0.1, -0.05) is 0 Å². The van der Waals surface area contributed by atoms with E-state index < -0.39 is 0 Å². The van der Waals surface area contributed by atoms with Gasteiger partial charge in [0.1, 0.15) is 10.2 Å². The number of aryl methyl sites for hydroxylation is 1. The highest BCUT2D eigenvalue weighted by Crippen LogP contribution is 2.31. The van der Waals surface area contributed by atoms with Crippen molar-refractivity contribution in [3.63, 3.8) is 0 Å². The molecule has 0 amide bonds. The van der Waals surface area contributed by atoms with Gasteiger partial charge < -0.3 is 9.15 Å². The molecule has 1 aliphatic heterocycles. The molecule has 0 unspecified atom stereocenters. The Hall–Kier alpha value is -1.20. The predicted molar refractivity (Wildman–Crippen MR) is 56.3 cm³/mol. The standard InChI is InChI=1S/C10H9NO3S/c1-5-11-9-8(10(12)14-5)6-2-3-13-4-7(6)15-9/h2-4H2,1H3. The van der Waals surface area contributed by atoms with Crippen molar-refractivity contribution in [1.82, 2.24) is 4.98 Å². The lowest BCUT2D eigenvalue weighted by atomic mass is 10.1. The molecule has 3 rings (SSSR count). The molecule has 2 aromatic heterocycles. The zero-order chi connectivity index (χ0) is 10.4. The predicted octanol–water partition coefficient (Wildman–Crippen LogP) is 1.63. The van der Waals surface area contributed by atoms with Crippen LogP contribution in [0.2, 0.25) is 0 Å². The molecule has 5 heteroatoms. The zero-order valence-electron chi connectivity index (χ0n) is 8.20. The van der Waals surface area contributed by atoms with Crippen LogP contribution in [0.5, 0.6) is 0 Å². The Kier molecular flexibility index (Phi) is 1.90. The molecule has 0 spiro atoms. The molecule has 0 fully saturated rings. The van der Waals surface area contributed by atoms with Crippen LogP contribution in [0.15, 0.2) is 9.21 Å². The van der Waals surface area contributed by atoms with Gasteiger partial charge in [-0.15, -0.1) is 11.3 Å². The molecule has 0 saturated carbocycles. The van der Waals surface area contributed by atoms with Gasteiger partial charge in [0.2, 0.25) is 0 Å². The lowest BCUT2D eigenvalue weighted by molar-refractivity contribution is 0.114. The van der Waals surface area contributed by atoms with Crippen molar-refractivity contribution >= 4 is 21.6 Å². The monoisotopic (exact) mass is 223 g/mol. The van der Waals surface area contributed by atoms with Gasteiger partial charge in [-0.3, -0.25) is 0 Å². The number of ether oxygens (including phenoxy) is 1. The smallest absolute Gasteiger partial charge is 0.348 e. The third-order valence-electron chi connectivity index (χ3n) is 2.51. The van der Waals surface area contributed by atoms with Crippen molar-refractivity contribution in [3.05, 3.63) is 26.8 Å². The molecule has 78 valence electrons. The van der Waals surface area contributed by atoms with Gasteiger partial charge in [0.05, 0.1) is 13.2 Å². The molecule has 3 heterocycles. The van der Waals surface area contributed by atoms with E-state index in [2.05, 4.69) is 4.98 Å². The summed E-state index contributed by atoms with van der Waals surface area (Å²) in [5, 5.41) is 0.656. The van der Waals surface area contributed by atoms with Crippen molar-refractivity contribution in [1.29, 1.82) is 0 Å². The molecule has 0 saturated heterocycles. The summed E-state index contributed by atoms with van der Waals surface area (Å²) in [6.07, 6.45) is 0.783. The summed E-state index contributed by atoms with van der Waals surface area (Å²) >= 11 is 1.53. The van der Waals surface area contributed by atoms with E-state index in [-0.39, 0.29) is 5.63 Å². The maximum absolute atomic E-state index is 11.7. The summed E-state index contributed by atoms with van der Waals surface area (Å²) in [4.78, 5) is 17.8. The van der Waals surface area contributed by atoms with Crippen LogP contribution in [0, 0.1) is 6.92 Å². The van der Waals surface area contributed by atoms with Crippen LogP contribution >= 0.6 is 11.3 Å². The fourth-order valence-electron chi connectivity index (χ4n) is 1.86. The highest BCUT2D eigenvalue weighted by atomic mass is 32.1. The molecule has 0 aromatic carbocycles.